The molecule has 0 atom stereocenters. The zero-order valence-electron chi connectivity index (χ0n) is 17.0. The van der Waals surface area contributed by atoms with E-state index >= 15 is 0 Å². The van der Waals surface area contributed by atoms with E-state index in [1.54, 1.807) is 0 Å². The van der Waals surface area contributed by atoms with Crippen LogP contribution >= 0.6 is 24.8 Å². The van der Waals surface area contributed by atoms with Gasteiger partial charge in [0.1, 0.15) is 24.7 Å². The van der Waals surface area contributed by atoms with Crippen molar-refractivity contribution >= 4 is 41.8 Å². The fourth-order valence-corrected chi connectivity index (χ4v) is 3.73. The van der Waals surface area contributed by atoms with E-state index < -0.39 is 0 Å². The third-order valence-electron chi connectivity index (χ3n) is 5.39. The molecule has 0 spiro atoms. The Morgan fingerprint density at radius 1 is 1.07 bits per heavy atom. The number of carbonyl (C=O) groups excluding carboxylic acids is 1. The van der Waals surface area contributed by atoms with Gasteiger partial charge in [-0.25, -0.2) is 4.98 Å². The number of carbonyl (C=O) groups is 1. The van der Waals surface area contributed by atoms with Crippen LogP contribution in [0.1, 0.15) is 18.7 Å². The summed E-state index contributed by atoms with van der Waals surface area (Å²) in [6.45, 7) is 2.21. The summed E-state index contributed by atoms with van der Waals surface area (Å²) in [5.41, 5.74) is 1.85. The number of benzene rings is 2. The van der Waals surface area contributed by atoms with E-state index in [0.717, 1.165) is 48.5 Å². The van der Waals surface area contributed by atoms with Crippen LogP contribution in [-0.2, 0) is 17.9 Å². The molecule has 1 aromatic heterocycles. The third-order valence-corrected chi connectivity index (χ3v) is 5.39. The molecule has 1 aliphatic rings. The van der Waals surface area contributed by atoms with Crippen LogP contribution in [0, 0.1) is 0 Å². The summed E-state index contributed by atoms with van der Waals surface area (Å²) >= 11 is 0. The van der Waals surface area contributed by atoms with Crippen molar-refractivity contribution in [3.05, 3.63) is 60.4 Å². The predicted molar refractivity (Wildman–Crippen MR) is 124 cm³/mol. The zero-order chi connectivity index (χ0) is 19.3. The maximum atomic E-state index is 12.9. The summed E-state index contributed by atoms with van der Waals surface area (Å²) in [5.74, 6) is 1.70. The highest BCUT2D eigenvalue weighted by atomic mass is 35.5. The lowest BCUT2D eigenvalue weighted by Gasteiger charge is -2.32. The SMILES string of the molecule is CNC1CCN(C(=O)Cn2c(COc3ccccc3)nc3ccccc32)CC1.Cl.Cl. The molecule has 4 rings (SSSR count). The number of hydrogen-bond donors (Lipinski definition) is 1. The molecule has 8 heteroatoms. The predicted octanol–water partition coefficient (Wildman–Crippen LogP) is 3.67. The van der Waals surface area contributed by atoms with Crippen molar-refractivity contribution in [1.29, 1.82) is 0 Å². The van der Waals surface area contributed by atoms with Gasteiger partial charge in [-0.15, -0.1) is 24.8 Å². The number of halogens is 2. The van der Waals surface area contributed by atoms with Gasteiger partial charge in [-0.3, -0.25) is 4.79 Å². The summed E-state index contributed by atoms with van der Waals surface area (Å²) in [6.07, 6.45) is 1.99. The van der Waals surface area contributed by atoms with Crippen LogP contribution in [0.25, 0.3) is 11.0 Å². The number of ether oxygens (including phenoxy) is 1. The second-order valence-corrected chi connectivity index (χ2v) is 7.15. The molecule has 1 amide bonds. The van der Waals surface area contributed by atoms with Crippen molar-refractivity contribution in [3.8, 4) is 5.75 Å². The number of rotatable bonds is 6. The van der Waals surface area contributed by atoms with Crippen molar-refractivity contribution in [2.45, 2.75) is 32.0 Å². The Morgan fingerprint density at radius 2 is 1.73 bits per heavy atom. The number of para-hydroxylation sites is 3. The summed E-state index contributed by atoms with van der Waals surface area (Å²) in [4.78, 5) is 19.6. The zero-order valence-corrected chi connectivity index (χ0v) is 18.6. The molecule has 1 saturated heterocycles. The minimum atomic E-state index is 0. The van der Waals surface area contributed by atoms with Crippen molar-refractivity contribution in [3.63, 3.8) is 0 Å². The lowest BCUT2D eigenvalue weighted by Crippen LogP contribution is -2.45. The Labute approximate surface area is 189 Å². The van der Waals surface area contributed by atoms with Gasteiger partial charge in [0.2, 0.25) is 5.91 Å². The van der Waals surface area contributed by atoms with Crippen molar-refractivity contribution in [2.24, 2.45) is 0 Å². The van der Waals surface area contributed by atoms with E-state index in [-0.39, 0.29) is 37.3 Å². The quantitative estimate of drug-likeness (QED) is 0.622. The van der Waals surface area contributed by atoms with Gasteiger partial charge in [-0.2, -0.15) is 0 Å². The summed E-state index contributed by atoms with van der Waals surface area (Å²) in [6, 6.07) is 18.1. The van der Waals surface area contributed by atoms with Gasteiger partial charge >= 0.3 is 0 Å². The van der Waals surface area contributed by atoms with Gasteiger partial charge in [0.25, 0.3) is 0 Å². The first-order chi connectivity index (χ1) is 13.7. The van der Waals surface area contributed by atoms with Gasteiger partial charge in [-0.1, -0.05) is 30.3 Å². The number of imidazole rings is 1. The molecule has 3 aromatic rings. The number of fused-ring (bicyclic) bond motifs is 1. The molecule has 1 aliphatic heterocycles. The highest BCUT2D eigenvalue weighted by Crippen LogP contribution is 2.19. The standard InChI is InChI=1S/C22H26N4O2.2ClH/c1-23-17-11-13-25(14-12-17)22(27)15-26-20-10-6-5-9-19(20)24-21(26)16-28-18-7-3-2-4-8-18;;/h2-10,17,23H,11-16H2,1H3;2*1H. The number of piperidine rings is 1. The lowest BCUT2D eigenvalue weighted by atomic mass is 10.1. The Morgan fingerprint density at radius 3 is 2.43 bits per heavy atom. The van der Waals surface area contributed by atoms with E-state index in [1.165, 1.54) is 0 Å². The Kier molecular flexibility index (Phi) is 8.96. The van der Waals surface area contributed by atoms with E-state index in [1.807, 2.05) is 71.1 Å². The second kappa shape index (κ2) is 11.2. The maximum Gasteiger partial charge on any atom is 0.242 e. The molecule has 2 aromatic carbocycles. The topological polar surface area (TPSA) is 59.4 Å². The highest BCUT2D eigenvalue weighted by molar-refractivity contribution is 5.85. The van der Waals surface area contributed by atoms with E-state index in [9.17, 15) is 4.79 Å². The lowest BCUT2D eigenvalue weighted by molar-refractivity contribution is -0.132. The maximum absolute atomic E-state index is 12.9. The number of hydrogen-bond acceptors (Lipinski definition) is 4. The first kappa shape index (κ1) is 24.0. The van der Waals surface area contributed by atoms with Gasteiger partial charge in [0.05, 0.1) is 11.0 Å². The Hall–Kier alpha value is -2.28. The molecule has 0 unspecified atom stereocenters. The molecule has 1 fully saturated rings. The van der Waals surface area contributed by atoms with Crippen LogP contribution < -0.4 is 10.1 Å². The number of likely N-dealkylation sites (tertiary alicyclic amines) is 1. The van der Waals surface area contributed by atoms with Crippen molar-refractivity contribution < 1.29 is 9.53 Å². The molecular formula is C22H28Cl2N4O2. The molecule has 2 heterocycles. The normalized spacial score (nSPS) is 14.1. The minimum absolute atomic E-state index is 0. The molecule has 1 N–H and O–H groups in total. The van der Waals surface area contributed by atoms with Crippen LogP contribution in [0.15, 0.2) is 54.6 Å². The summed E-state index contributed by atoms with van der Waals surface area (Å²) in [7, 11) is 1.98. The number of aromatic nitrogens is 2. The average molecular weight is 451 g/mol. The molecule has 6 nitrogen and oxygen atoms in total. The highest BCUT2D eigenvalue weighted by Gasteiger charge is 2.23. The minimum Gasteiger partial charge on any atom is -0.486 e. The molecular weight excluding hydrogens is 423 g/mol. The van der Waals surface area contributed by atoms with Crippen LogP contribution in [0.2, 0.25) is 0 Å². The van der Waals surface area contributed by atoms with Gasteiger partial charge in [-0.05, 0) is 44.2 Å². The molecule has 30 heavy (non-hydrogen) atoms. The first-order valence-electron chi connectivity index (χ1n) is 9.81. The van der Waals surface area contributed by atoms with Gasteiger partial charge < -0.3 is 19.5 Å². The number of amides is 1. The van der Waals surface area contributed by atoms with Crippen LogP contribution in [0.3, 0.4) is 0 Å². The summed E-state index contributed by atoms with van der Waals surface area (Å²) in [5, 5.41) is 3.30. The van der Waals surface area contributed by atoms with E-state index in [2.05, 4.69) is 5.32 Å². The Bertz CT molecular complexity index is 941. The van der Waals surface area contributed by atoms with Crippen molar-refractivity contribution in [1.82, 2.24) is 19.8 Å². The van der Waals surface area contributed by atoms with Crippen LogP contribution in [0.5, 0.6) is 5.75 Å². The molecule has 0 aliphatic carbocycles. The smallest absolute Gasteiger partial charge is 0.242 e. The van der Waals surface area contributed by atoms with Crippen molar-refractivity contribution in [2.75, 3.05) is 20.1 Å². The molecule has 162 valence electrons. The van der Waals surface area contributed by atoms with Gasteiger partial charge in [0, 0.05) is 19.1 Å². The average Bonchev–Trinajstić information content (AvgIpc) is 3.10. The molecule has 0 bridgehead atoms. The monoisotopic (exact) mass is 450 g/mol. The number of nitrogens with one attached hydrogen (secondary N) is 1. The summed E-state index contributed by atoms with van der Waals surface area (Å²) < 4.78 is 7.89. The fourth-order valence-electron chi connectivity index (χ4n) is 3.73. The molecule has 0 radical (unpaired) electrons. The van der Waals surface area contributed by atoms with E-state index in [0.29, 0.717) is 12.6 Å². The second-order valence-electron chi connectivity index (χ2n) is 7.15. The van der Waals surface area contributed by atoms with E-state index in [4.69, 9.17) is 9.72 Å². The fraction of sp³-hybridized carbons (Fsp3) is 0.364. The third kappa shape index (κ3) is 5.45. The van der Waals surface area contributed by atoms with Crippen LogP contribution in [0.4, 0.5) is 0 Å². The van der Waals surface area contributed by atoms with Gasteiger partial charge in [0.15, 0.2) is 0 Å². The number of nitrogens with zero attached hydrogens (tertiary/aromatic N) is 3. The molecule has 0 saturated carbocycles. The Balaban J connectivity index is 0.00000160. The van der Waals surface area contributed by atoms with Crippen LogP contribution in [-0.4, -0.2) is 46.5 Å². The first-order valence-corrected chi connectivity index (χ1v) is 9.81. The largest absolute Gasteiger partial charge is 0.486 e.